The molecule has 1 heterocycles. The summed E-state index contributed by atoms with van der Waals surface area (Å²) in [5.74, 6) is -1.23. The molecule has 0 amide bonds. The minimum atomic E-state index is -0.805. The predicted molar refractivity (Wildman–Crippen MR) is 78.6 cm³/mol. The van der Waals surface area contributed by atoms with Crippen molar-refractivity contribution in [3.05, 3.63) is 66.0 Å². The van der Waals surface area contributed by atoms with Gasteiger partial charge >= 0.3 is 5.97 Å². The van der Waals surface area contributed by atoms with Crippen LogP contribution in [0.1, 0.15) is 36.8 Å². The first-order valence-electron chi connectivity index (χ1n) is 6.79. The lowest BCUT2D eigenvalue weighted by Crippen LogP contribution is -2.24. The molecule has 0 fully saturated rings. The van der Waals surface area contributed by atoms with Crippen LogP contribution < -0.4 is 0 Å². The lowest BCUT2D eigenvalue weighted by atomic mass is 9.75. The number of benzene rings is 1. The molecule has 3 heteroatoms. The second-order valence-electron chi connectivity index (χ2n) is 5.28. The zero-order valence-corrected chi connectivity index (χ0v) is 11.7. The molecule has 2 rings (SSSR count). The summed E-state index contributed by atoms with van der Waals surface area (Å²) < 4.78 is 0. The van der Waals surface area contributed by atoms with E-state index in [9.17, 15) is 9.90 Å². The van der Waals surface area contributed by atoms with Crippen LogP contribution in [0.25, 0.3) is 0 Å². The lowest BCUT2D eigenvalue weighted by Gasteiger charge is -2.28. The summed E-state index contributed by atoms with van der Waals surface area (Å²) >= 11 is 0. The Hall–Kier alpha value is -2.16. The summed E-state index contributed by atoms with van der Waals surface area (Å²) in [6.07, 6.45) is 3.31. The lowest BCUT2D eigenvalue weighted by molar-refractivity contribution is -0.139. The van der Waals surface area contributed by atoms with Gasteiger partial charge in [0.1, 0.15) is 0 Å². The van der Waals surface area contributed by atoms with Gasteiger partial charge in [0.2, 0.25) is 0 Å². The first-order valence-corrected chi connectivity index (χ1v) is 6.79. The summed E-state index contributed by atoms with van der Waals surface area (Å²) in [6.45, 7) is 4.12. The molecule has 2 aromatic rings. The molecule has 20 heavy (non-hydrogen) atoms. The van der Waals surface area contributed by atoms with Crippen LogP contribution in [0.5, 0.6) is 0 Å². The van der Waals surface area contributed by atoms with Gasteiger partial charge in [0.15, 0.2) is 0 Å². The van der Waals surface area contributed by atoms with Crippen LogP contribution in [0.3, 0.4) is 0 Å². The van der Waals surface area contributed by atoms with Gasteiger partial charge in [-0.05, 0) is 23.1 Å². The molecule has 0 saturated heterocycles. The molecule has 0 unspecified atom stereocenters. The normalized spacial score (nSPS) is 13.9. The topological polar surface area (TPSA) is 50.2 Å². The summed E-state index contributed by atoms with van der Waals surface area (Å²) in [7, 11) is 0. The fraction of sp³-hybridized carbons (Fsp3) is 0.294. The standard InChI is InChI=1S/C17H19NO2/c1-12(2)15(13-7-4-3-5-8-13)16(17(19)20)14-9-6-10-18-11-14/h3-12,15-16H,1-2H3,(H,19,20)/t15-,16+/m0/s1. The maximum atomic E-state index is 11.8. The first kappa shape index (κ1) is 14.3. The fourth-order valence-electron chi connectivity index (χ4n) is 2.70. The Kier molecular flexibility index (Phi) is 4.51. The molecule has 1 N–H and O–H groups in total. The van der Waals surface area contributed by atoms with E-state index in [-0.39, 0.29) is 11.8 Å². The van der Waals surface area contributed by atoms with Gasteiger partial charge in [-0.2, -0.15) is 0 Å². The van der Waals surface area contributed by atoms with Crippen LogP contribution in [0.2, 0.25) is 0 Å². The number of hydrogen-bond donors (Lipinski definition) is 1. The summed E-state index contributed by atoms with van der Waals surface area (Å²) in [5, 5.41) is 9.68. The minimum Gasteiger partial charge on any atom is -0.481 e. The van der Waals surface area contributed by atoms with Gasteiger partial charge in [-0.25, -0.2) is 0 Å². The fourth-order valence-corrected chi connectivity index (χ4v) is 2.70. The smallest absolute Gasteiger partial charge is 0.311 e. The van der Waals surface area contributed by atoms with E-state index in [1.54, 1.807) is 18.5 Å². The number of aliphatic carboxylic acids is 1. The van der Waals surface area contributed by atoms with Crippen LogP contribution in [0.15, 0.2) is 54.9 Å². The highest BCUT2D eigenvalue weighted by molar-refractivity contribution is 5.77. The van der Waals surface area contributed by atoms with Crippen LogP contribution in [-0.2, 0) is 4.79 Å². The maximum absolute atomic E-state index is 11.8. The summed E-state index contributed by atoms with van der Waals surface area (Å²) in [5.41, 5.74) is 1.81. The van der Waals surface area contributed by atoms with Gasteiger partial charge in [0, 0.05) is 18.3 Å². The van der Waals surface area contributed by atoms with Gasteiger partial charge in [-0.15, -0.1) is 0 Å². The van der Waals surface area contributed by atoms with E-state index in [0.29, 0.717) is 0 Å². The molecule has 1 aromatic heterocycles. The molecule has 2 atom stereocenters. The maximum Gasteiger partial charge on any atom is 0.311 e. The number of carboxylic acids is 1. The molecular weight excluding hydrogens is 250 g/mol. The third-order valence-electron chi connectivity index (χ3n) is 3.57. The van der Waals surface area contributed by atoms with E-state index in [0.717, 1.165) is 11.1 Å². The van der Waals surface area contributed by atoms with Crippen molar-refractivity contribution >= 4 is 5.97 Å². The Morgan fingerprint density at radius 1 is 1.05 bits per heavy atom. The van der Waals surface area contributed by atoms with Crippen molar-refractivity contribution in [2.45, 2.75) is 25.7 Å². The zero-order chi connectivity index (χ0) is 14.5. The number of hydrogen-bond acceptors (Lipinski definition) is 2. The Balaban J connectivity index is 2.47. The molecule has 3 nitrogen and oxygen atoms in total. The average Bonchev–Trinajstić information content (AvgIpc) is 2.45. The number of nitrogens with zero attached hydrogens (tertiary/aromatic N) is 1. The molecule has 0 aliphatic heterocycles. The highest BCUT2D eigenvalue weighted by atomic mass is 16.4. The second-order valence-corrected chi connectivity index (χ2v) is 5.28. The Bertz CT molecular complexity index is 552. The van der Waals surface area contributed by atoms with Crippen LogP contribution in [0, 0.1) is 5.92 Å². The monoisotopic (exact) mass is 269 g/mol. The predicted octanol–water partition coefficient (Wildman–Crippen LogP) is 3.69. The Morgan fingerprint density at radius 3 is 2.20 bits per heavy atom. The highest BCUT2D eigenvalue weighted by Gasteiger charge is 2.33. The van der Waals surface area contributed by atoms with Crippen LogP contribution in [0.4, 0.5) is 0 Å². The number of aromatic nitrogens is 1. The Morgan fingerprint density at radius 2 is 1.70 bits per heavy atom. The molecule has 1 aromatic carbocycles. The van der Waals surface area contributed by atoms with Crippen molar-refractivity contribution in [1.29, 1.82) is 0 Å². The van der Waals surface area contributed by atoms with Crippen molar-refractivity contribution in [3.63, 3.8) is 0 Å². The molecule has 0 aliphatic rings. The largest absolute Gasteiger partial charge is 0.481 e. The van der Waals surface area contributed by atoms with Crippen molar-refractivity contribution in [1.82, 2.24) is 4.98 Å². The van der Waals surface area contributed by atoms with E-state index < -0.39 is 11.9 Å². The van der Waals surface area contributed by atoms with E-state index in [1.165, 1.54) is 0 Å². The molecular formula is C17H19NO2. The van der Waals surface area contributed by atoms with Gasteiger partial charge in [-0.1, -0.05) is 50.2 Å². The van der Waals surface area contributed by atoms with E-state index in [4.69, 9.17) is 0 Å². The second kappa shape index (κ2) is 6.33. The zero-order valence-electron chi connectivity index (χ0n) is 11.7. The van der Waals surface area contributed by atoms with E-state index in [2.05, 4.69) is 18.8 Å². The number of pyridine rings is 1. The van der Waals surface area contributed by atoms with Gasteiger partial charge < -0.3 is 5.11 Å². The third-order valence-corrected chi connectivity index (χ3v) is 3.57. The number of carbonyl (C=O) groups is 1. The SMILES string of the molecule is CC(C)[C@@H](c1ccccc1)[C@H](C(=O)O)c1cccnc1. The first-order chi connectivity index (χ1) is 9.61. The third kappa shape index (κ3) is 3.05. The molecule has 0 spiro atoms. The average molecular weight is 269 g/mol. The molecule has 0 radical (unpaired) electrons. The minimum absolute atomic E-state index is 0.0714. The molecule has 0 aliphatic carbocycles. The van der Waals surface area contributed by atoms with E-state index >= 15 is 0 Å². The highest BCUT2D eigenvalue weighted by Crippen LogP contribution is 2.38. The van der Waals surface area contributed by atoms with Gasteiger partial charge in [0.05, 0.1) is 5.92 Å². The van der Waals surface area contributed by atoms with Crippen molar-refractivity contribution in [2.75, 3.05) is 0 Å². The van der Waals surface area contributed by atoms with Crippen LogP contribution in [-0.4, -0.2) is 16.1 Å². The van der Waals surface area contributed by atoms with Gasteiger partial charge in [-0.3, -0.25) is 9.78 Å². The number of carboxylic acid groups (broad SMARTS) is 1. The summed E-state index contributed by atoms with van der Waals surface area (Å²) in [4.78, 5) is 15.9. The Labute approximate surface area is 119 Å². The molecule has 104 valence electrons. The van der Waals surface area contributed by atoms with E-state index in [1.807, 2.05) is 36.4 Å². The van der Waals surface area contributed by atoms with Crippen molar-refractivity contribution in [2.24, 2.45) is 5.92 Å². The van der Waals surface area contributed by atoms with Crippen molar-refractivity contribution < 1.29 is 9.90 Å². The quantitative estimate of drug-likeness (QED) is 0.900. The molecule has 0 saturated carbocycles. The molecule has 0 bridgehead atoms. The van der Waals surface area contributed by atoms with Crippen LogP contribution >= 0.6 is 0 Å². The number of rotatable bonds is 5. The van der Waals surface area contributed by atoms with Gasteiger partial charge in [0.25, 0.3) is 0 Å². The summed E-state index contributed by atoms with van der Waals surface area (Å²) in [6, 6.07) is 13.5. The van der Waals surface area contributed by atoms with Crippen molar-refractivity contribution in [3.8, 4) is 0 Å².